The van der Waals surface area contributed by atoms with E-state index in [0.717, 1.165) is 0 Å². The summed E-state index contributed by atoms with van der Waals surface area (Å²) >= 11 is 2.43. The minimum Gasteiger partial charge on any atom is -0.310 e. The van der Waals surface area contributed by atoms with Crippen LogP contribution in [-0.2, 0) is 0 Å². The van der Waals surface area contributed by atoms with Gasteiger partial charge in [-0.05, 0) is 60.5 Å². The highest BCUT2D eigenvalue weighted by molar-refractivity contribution is 14.1. The Labute approximate surface area is 93.1 Å². The fourth-order valence-electron chi connectivity index (χ4n) is 1.88. The molecule has 1 heterocycles. The van der Waals surface area contributed by atoms with Gasteiger partial charge >= 0.3 is 0 Å². The summed E-state index contributed by atoms with van der Waals surface area (Å²) in [4.78, 5) is 0. The van der Waals surface area contributed by atoms with Gasteiger partial charge in [-0.15, -0.1) is 0 Å². The molecular weight excluding hydrogens is 273 g/mol. The van der Waals surface area contributed by atoms with Crippen molar-refractivity contribution in [2.24, 2.45) is 0 Å². The summed E-state index contributed by atoms with van der Waals surface area (Å²) in [5.41, 5.74) is 2.85. The predicted molar refractivity (Wildman–Crippen MR) is 63.9 cm³/mol. The molecule has 0 spiro atoms. The number of nitrogens with one attached hydrogen (secondary N) is 1. The lowest BCUT2D eigenvalue weighted by atomic mass is 10.0. The lowest BCUT2D eigenvalue weighted by Gasteiger charge is -2.13. The van der Waals surface area contributed by atoms with Crippen LogP contribution in [0.15, 0.2) is 18.2 Å². The van der Waals surface area contributed by atoms with E-state index in [4.69, 9.17) is 0 Å². The van der Waals surface area contributed by atoms with Crippen molar-refractivity contribution in [3.63, 3.8) is 0 Å². The molecule has 1 nitrogen and oxygen atoms in total. The van der Waals surface area contributed by atoms with Gasteiger partial charge in [-0.1, -0.05) is 17.7 Å². The molecule has 1 aromatic carbocycles. The minimum atomic E-state index is 0.604. The van der Waals surface area contributed by atoms with Gasteiger partial charge in [-0.2, -0.15) is 0 Å². The number of halogens is 1. The Bertz CT molecular complexity index is 303. The molecule has 1 N–H and O–H groups in total. The second-order valence-corrected chi connectivity index (χ2v) is 4.84. The maximum absolute atomic E-state index is 3.54. The molecule has 2 heteroatoms. The number of aryl methyl sites for hydroxylation is 1. The van der Waals surface area contributed by atoms with Gasteiger partial charge in [0.25, 0.3) is 0 Å². The van der Waals surface area contributed by atoms with Crippen LogP contribution in [0.5, 0.6) is 0 Å². The Morgan fingerprint density at radius 3 is 3.00 bits per heavy atom. The molecule has 1 atom stereocenters. The van der Waals surface area contributed by atoms with Crippen molar-refractivity contribution >= 4 is 22.6 Å². The molecule has 1 aliphatic heterocycles. The predicted octanol–water partition coefficient (Wildman–Crippen LogP) is 3.02. The summed E-state index contributed by atoms with van der Waals surface area (Å²) in [6.07, 6.45) is 2.61. The fraction of sp³-hybridized carbons (Fsp3) is 0.455. The molecule has 0 aromatic heterocycles. The second-order valence-electron chi connectivity index (χ2n) is 3.67. The van der Waals surface area contributed by atoms with Gasteiger partial charge < -0.3 is 5.32 Å². The van der Waals surface area contributed by atoms with Crippen molar-refractivity contribution < 1.29 is 0 Å². The van der Waals surface area contributed by atoms with Crippen LogP contribution in [0, 0.1) is 10.5 Å². The fourth-order valence-corrected chi connectivity index (χ4v) is 2.59. The van der Waals surface area contributed by atoms with Crippen molar-refractivity contribution in [1.29, 1.82) is 0 Å². The molecule has 2 rings (SSSR count). The third-order valence-electron chi connectivity index (χ3n) is 2.59. The van der Waals surface area contributed by atoms with E-state index in [1.54, 1.807) is 0 Å². The van der Waals surface area contributed by atoms with Gasteiger partial charge in [0, 0.05) is 9.61 Å². The monoisotopic (exact) mass is 287 g/mol. The normalized spacial score (nSPS) is 22.2. The highest BCUT2D eigenvalue weighted by Crippen LogP contribution is 2.27. The molecular formula is C11H14IN. The van der Waals surface area contributed by atoms with Crippen LogP contribution in [0.25, 0.3) is 0 Å². The third-order valence-corrected chi connectivity index (χ3v) is 3.57. The summed E-state index contributed by atoms with van der Waals surface area (Å²) in [7, 11) is 0. The van der Waals surface area contributed by atoms with E-state index in [1.807, 2.05) is 0 Å². The molecule has 1 aliphatic rings. The summed E-state index contributed by atoms with van der Waals surface area (Å²) in [5, 5.41) is 3.54. The molecule has 0 saturated carbocycles. The lowest BCUT2D eigenvalue weighted by Crippen LogP contribution is -2.14. The maximum atomic E-state index is 3.54. The molecule has 0 aliphatic carbocycles. The number of rotatable bonds is 1. The Hall–Kier alpha value is -0.0900. The highest BCUT2D eigenvalue weighted by Gasteiger charge is 2.17. The Morgan fingerprint density at radius 2 is 2.31 bits per heavy atom. The average molecular weight is 287 g/mol. The zero-order valence-corrected chi connectivity index (χ0v) is 9.97. The van der Waals surface area contributed by atoms with Gasteiger partial charge in [-0.25, -0.2) is 0 Å². The summed E-state index contributed by atoms with van der Waals surface area (Å²) in [6.45, 7) is 3.34. The maximum Gasteiger partial charge on any atom is 0.0331 e. The molecule has 0 bridgehead atoms. The first-order valence-electron chi connectivity index (χ1n) is 4.77. The van der Waals surface area contributed by atoms with Crippen LogP contribution < -0.4 is 5.32 Å². The van der Waals surface area contributed by atoms with Crippen LogP contribution in [0.2, 0.25) is 0 Å². The first-order chi connectivity index (χ1) is 6.27. The Morgan fingerprint density at radius 1 is 1.46 bits per heavy atom. The van der Waals surface area contributed by atoms with Crippen LogP contribution in [0.4, 0.5) is 0 Å². The highest BCUT2D eigenvalue weighted by atomic mass is 127. The van der Waals surface area contributed by atoms with Gasteiger partial charge in [-0.3, -0.25) is 0 Å². The second kappa shape index (κ2) is 3.96. The molecule has 1 saturated heterocycles. The van der Waals surface area contributed by atoms with Crippen LogP contribution in [0.1, 0.15) is 30.0 Å². The molecule has 1 fully saturated rings. The van der Waals surface area contributed by atoms with Crippen LogP contribution in [0.3, 0.4) is 0 Å². The number of hydrogen-bond acceptors (Lipinski definition) is 1. The minimum absolute atomic E-state index is 0.604. The largest absolute Gasteiger partial charge is 0.310 e. The quantitative estimate of drug-likeness (QED) is 0.783. The van der Waals surface area contributed by atoms with Gasteiger partial charge in [0.2, 0.25) is 0 Å². The van der Waals surface area contributed by atoms with Gasteiger partial charge in [0.05, 0.1) is 0 Å². The summed E-state index contributed by atoms with van der Waals surface area (Å²) in [6, 6.07) is 7.31. The number of benzene rings is 1. The smallest absolute Gasteiger partial charge is 0.0331 e. The van der Waals surface area contributed by atoms with Gasteiger partial charge in [0.15, 0.2) is 0 Å². The topological polar surface area (TPSA) is 12.0 Å². The standard InChI is InChI=1S/C11H14IN/c1-8-4-5-10(12)9(7-8)11-3-2-6-13-11/h4-5,7,11,13H,2-3,6H2,1H3. The first kappa shape index (κ1) is 9.46. The molecule has 70 valence electrons. The van der Waals surface area contributed by atoms with E-state index < -0.39 is 0 Å². The molecule has 1 aromatic rings. The first-order valence-corrected chi connectivity index (χ1v) is 5.84. The van der Waals surface area contributed by atoms with Crippen molar-refractivity contribution in [2.75, 3.05) is 6.54 Å². The Balaban J connectivity index is 2.32. The van der Waals surface area contributed by atoms with Crippen molar-refractivity contribution in [3.05, 3.63) is 32.9 Å². The van der Waals surface area contributed by atoms with Crippen molar-refractivity contribution in [3.8, 4) is 0 Å². The van der Waals surface area contributed by atoms with E-state index in [9.17, 15) is 0 Å². The average Bonchev–Trinajstić information content (AvgIpc) is 2.61. The molecule has 13 heavy (non-hydrogen) atoms. The van der Waals surface area contributed by atoms with Crippen LogP contribution >= 0.6 is 22.6 Å². The SMILES string of the molecule is Cc1ccc(I)c(C2CCCN2)c1. The van der Waals surface area contributed by atoms with Crippen molar-refractivity contribution in [2.45, 2.75) is 25.8 Å². The molecule has 1 unspecified atom stereocenters. The molecule has 0 amide bonds. The Kier molecular flexibility index (Phi) is 2.89. The summed E-state index contributed by atoms with van der Waals surface area (Å²) < 4.78 is 1.39. The van der Waals surface area contributed by atoms with Crippen LogP contribution in [-0.4, -0.2) is 6.54 Å². The van der Waals surface area contributed by atoms with E-state index in [2.05, 4.69) is 53.0 Å². The van der Waals surface area contributed by atoms with Crippen molar-refractivity contribution in [1.82, 2.24) is 5.32 Å². The van der Waals surface area contributed by atoms with E-state index >= 15 is 0 Å². The number of hydrogen-bond donors (Lipinski definition) is 1. The van der Waals surface area contributed by atoms with E-state index in [-0.39, 0.29) is 0 Å². The van der Waals surface area contributed by atoms with E-state index in [0.29, 0.717) is 6.04 Å². The summed E-state index contributed by atoms with van der Waals surface area (Å²) in [5.74, 6) is 0. The van der Waals surface area contributed by atoms with E-state index in [1.165, 1.54) is 34.1 Å². The van der Waals surface area contributed by atoms with Gasteiger partial charge in [0.1, 0.15) is 0 Å². The zero-order valence-electron chi connectivity index (χ0n) is 7.81. The zero-order chi connectivity index (χ0) is 9.26. The lowest BCUT2D eigenvalue weighted by molar-refractivity contribution is 0.644. The third kappa shape index (κ3) is 2.05. The molecule has 0 radical (unpaired) electrons.